The normalized spacial score (nSPS) is 11.2. The van der Waals surface area contributed by atoms with E-state index < -0.39 is 0 Å². The van der Waals surface area contributed by atoms with E-state index in [1.165, 1.54) is 6.92 Å². The zero-order chi connectivity index (χ0) is 10.6. The van der Waals surface area contributed by atoms with E-state index in [9.17, 15) is 4.79 Å². The van der Waals surface area contributed by atoms with Gasteiger partial charge < -0.3 is 5.32 Å². The van der Waals surface area contributed by atoms with Crippen molar-refractivity contribution in [1.29, 1.82) is 0 Å². The first-order valence-corrected chi connectivity index (χ1v) is 5.08. The average Bonchev–Trinajstić information content (AvgIpc) is 2.01. The molecule has 1 N–H and O–H groups in total. The van der Waals surface area contributed by atoms with Gasteiger partial charge in [-0.1, -0.05) is 28.1 Å². The molecule has 2 nitrogen and oxygen atoms in total. The second-order valence-corrected chi connectivity index (χ2v) is 3.98. The SMILES string of the molecule is CC(=O)N/C(C)=C\c1cccc(Br)c1. The van der Waals surface area contributed by atoms with Gasteiger partial charge in [-0.15, -0.1) is 0 Å². The van der Waals surface area contributed by atoms with Crippen molar-refractivity contribution in [3.63, 3.8) is 0 Å². The highest BCUT2D eigenvalue weighted by molar-refractivity contribution is 9.10. The van der Waals surface area contributed by atoms with Gasteiger partial charge in [0.15, 0.2) is 0 Å². The van der Waals surface area contributed by atoms with Crippen molar-refractivity contribution in [2.75, 3.05) is 0 Å². The van der Waals surface area contributed by atoms with Gasteiger partial charge in [0.25, 0.3) is 0 Å². The second-order valence-electron chi connectivity index (χ2n) is 3.06. The highest BCUT2D eigenvalue weighted by Crippen LogP contribution is 2.13. The van der Waals surface area contributed by atoms with E-state index in [1.807, 2.05) is 37.3 Å². The predicted octanol–water partition coefficient (Wildman–Crippen LogP) is 2.95. The summed E-state index contributed by atoms with van der Waals surface area (Å²) in [7, 11) is 0. The van der Waals surface area contributed by atoms with Crippen LogP contribution in [0.2, 0.25) is 0 Å². The van der Waals surface area contributed by atoms with E-state index in [0.717, 1.165) is 15.7 Å². The van der Waals surface area contributed by atoms with Crippen molar-refractivity contribution >= 4 is 27.9 Å². The molecule has 0 fully saturated rings. The van der Waals surface area contributed by atoms with Crippen LogP contribution in [0.3, 0.4) is 0 Å². The Labute approximate surface area is 92.1 Å². The maximum absolute atomic E-state index is 10.8. The molecule has 0 saturated heterocycles. The van der Waals surface area contributed by atoms with Gasteiger partial charge in [0, 0.05) is 17.1 Å². The Morgan fingerprint density at radius 2 is 2.14 bits per heavy atom. The number of rotatable bonds is 2. The monoisotopic (exact) mass is 253 g/mol. The van der Waals surface area contributed by atoms with Gasteiger partial charge in [-0.05, 0) is 30.7 Å². The topological polar surface area (TPSA) is 29.1 Å². The van der Waals surface area contributed by atoms with Gasteiger partial charge in [-0.25, -0.2) is 0 Å². The molecule has 0 aliphatic carbocycles. The number of hydrogen-bond acceptors (Lipinski definition) is 1. The molecule has 0 radical (unpaired) electrons. The lowest BCUT2D eigenvalue weighted by Gasteiger charge is -2.01. The summed E-state index contributed by atoms with van der Waals surface area (Å²) in [5.41, 5.74) is 1.90. The van der Waals surface area contributed by atoms with Crippen LogP contribution >= 0.6 is 15.9 Å². The number of halogens is 1. The molecule has 0 aromatic heterocycles. The van der Waals surface area contributed by atoms with Crippen molar-refractivity contribution in [1.82, 2.24) is 5.32 Å². The Balaban J connectivity index is 2.80. The van der Waals surface area contributed by atoms with Gasteiger partial charge in [-0.3, -0.25) is 4.79 Å². The second kappa shape index (κ2) is 4.96. The summed E-state index contributed by atoms with van der Waals surface area (Å²) in [6, 6.07) is 7.89. The van der Waals surface area contributed by atoms with Gasteiger partial charge in [0.1, 0.15) is 0 Å². The molecule has 0 heterocycles. The first-order valence-electron chi connectivity index (χ1n) is 4.29. The third kappa shape index (κ3) is 3.75. The third-order valence-electron chi connectivity index (χ3n) is 1.61. The molecule has 0 unspecified atom stereocenters. The van der Waals surface area contributed by atoms with E-state index in [-0.39, 0.29) is 5.91 Å². The lowest BCUT2D eigenvalue weighted by Crippen LogP contribution is -2.16. The van der Waals surface area contributed by atoms with E-state index in [0.29, 0.717) is 0 Å². The maximum Gasteiger partial charge on any atom is 0.220 e. The summed E-state index contributed by atoms with van der Waals surface area (Å²) in [5, 5.41) is 2.72. The minimum atomic E-state index is -0.0475. The molecule has 0 bridgehead atoms. The van der Waals surface area contributed by atoms with E-state index in [4.69, 9.17) is 0 Å². The summed E-state index contributed by atoms with van der Waals surface area (Å²) in [5.74, 6) is -0.0475. The summed E-state index contributed by atoms with van der Waals surface area (Å²) in [4.78, 5) is 10.8. The number of nitrogens with one attached hydrogen (secondary N) is 1. The lowest BCUT2D eigenvalue weighted by molar-refractivity contribution is -0.118. The van der Waals surface area contributed by atoms with Gasteiger partial charge in [-0.2, -0.15) is 0 Å². The van der Waals surface area contributed by atoms with Crippen LogP contribution in [0.1, 0.15) is 19.4 Å². The Morgan fingerprint density at radius 3 is 2.71 bits per heavy atom. The van der Waals surface area contributed by atoms with Crippen LogP contribution in [-0.2, 0) is 4.79 Å². The zero-order valence-corrected chi connectivity index (χ0v) is 9.76. The minimum absolute atomic E-state index is 0.0475. The summed E-state index contributed by atoms with van der Waals surface area (Å²) >= 11 is 3.39. The Kier molecular flexibility index (Phi) is 3.89. The van der Waals surface area contributed by atoms with Crippen molar-refractivity contribution in [3.8, 4) is 0 Å². The van der Waals surface area contributed by atoms with E-state index in [1.54, 1.807) is 0 Å². The van der Waals surface area contributed by atoms with Gasteiger partial charge >= 0.3 is 0 Å². The van der Waals surface area contributed by atoms with Crippen LogP contribution < -0.4 is 5.32 Å². The molecule has 0 aliphatic rings. The molecule has 0 saturated carbocycles. The molecule has 0 atom stereocenters. The number of benzene rings is 1. The molecule has 1 aromatic rings. The van der Waals surface area contributed by atoms with E-state index >= 15 is 0 Å². The highest BCUT2D eigenvalue weighted by atomic mass is 79.9. The zero-order valence-electron chi connectivity index (χ0n) is 8.17. The van der Waals surface area contributed by atoms with Crippen molar-refractivity contribution in [3.05, 3.63) is 40.0 Å². The average molecular weight is 254 g/mol. The quantitative estimate of drug-likeness (QED) is 0.863. The summed E-state index contributed by atoms with van der Waals surface area (Å²) < 4.78 is 1.03. The smallest absolute Gasteiger partial charge is 0.220 e. The Hall–Kier alpha value is -1.09. The number of allylic oxidation sites excluding steroid dienone is 1. The highest BCUT2D eigenvalue weighted by Gasteiger charge is 1.94. The Bertz CT molecular complexity index is 371. The van der Waals surface area contributed by atoms with Crippen LogP contribution in [0.25, 0.3) is 6.08 Å². The van der Waals surface area contributed by atoms with Crippen molar-refractivity contribution in [2.24, 2.45) is 0 Å². The first kappa shape index (κ1) is 11.0. The summed E-state index contributed by atoms with van der Waals surface area (Å²) in [6.07, 6.45) is 1.92. The molecule has 1 rings (SSSR count). The van der Waals surface area contributed by atoms with Gasteiger partial charge in [0.05, 0.1) is 0 Å². The molecule has 14 heavy (non-hydrogen) atoms. The van der Waals surface area contributed by atoms with Crippen molar-refractivity contribution in [2.45, 2.75) is 13.8 Å². The van der Waals surface area contributed by atoms with Gasteiger partial charge in [0.2, 0.25) is 5.91 Å². The molecule has 3 heteroatoms. The fourth-order valence-corrected chi connectivity index (χ4v) is 1.58. The van der Waals surface area contributed by atoms with Crippen LogP contribution in [-0.4, -0.2) is 5.91 Å². The fraction of sp³-hybridized carbons (Fsp3) is 0.182. The molecule has 1 amide bonds. The third-order valence-corrected chi connectivity index (χ3v) is 2.10. The largest absolute Gasteiger partial charge is 0.330 e. The van der Waals surface area contributed by atoms with E-state index in [2.05, 4.69) is 21.2 Å². The fourth-order valence-electron chi connectivity index (χ4n) is 1.16. The number of carbonyl (C=O) groups is 1. The van der Waals surface area contributed by atoms with Crippen molar-refractivity contribution < 1.29 is 4.79 Å². The maximum atomic E-state index is 10.8. The molecule has 0 spiro atoms. The molecule has 1 aromatic carbocycles. The van der Waals surface area contributed by atoms with Crippen LogP contribution in [0.5, 0.6) is 0 Å². The molecular formula is C11H12BrNO. The standard InChI is InChI=1S/C11H12BrNO/c1-8(13-9(2)14)6-10-4-3-5-11(12)7-10/h3-7H,1-2H3,(H,13,14)/b8-6-. The number of amides is 1. The van der Waals surface area contributed by atoms with Crippen LogP contribution in [0.4, 0.5) is 0 Å². The Morgan fingerprint density at radius 1 is 1.43 bits per heavy atom. The predicted molar refractivity (Wildman–Crippen MR) is 61.6 cm³/mol. The molecule has 0 aliphatic heterocycles. The lowest BCUT2D eigenvalue weighted by atomic mass is 10.2. The molecular weight excluding hydrogens is 242 g/mol. The number of carbonyl (C=O) groups excluding carboxylic acids is 1. The first-order chi connectivity index (χ1) is 6.58. The van der Waals surface area contributed by atoms with Crippen LogP contribution in [0, 0.1) is 0 Å². The number of hydrogen-bond donors (Lipinski definition) is 1. The minimum Gasteiger partial charge on any atom is -0.330 e. The van der Waals surface area contributed by atoms with Crippen LogP contribution in [0.15, 0.2) is 34.4 Å². The summed E-state index contributed by atoms with van der Waals surface area (Å²) in [6.45, 7) is 3.36. The molecule has 74 valence electrons.